The van der Waals surface area contributed by atoms with Crippen molar-refractivity contribution in [1.82, 2.24) is 0 Å². The Bertz CT molecular complexity index is 1100. The summed E-state index contributed by atoms with van der Waals surface area (Å²) in [6.07, 6.45) is 1.31. The number of methoxy groups -OCH3 is 1. The van der Waals surface area contributed by atoms with Crippen molar-refractivity contribution >= 4 is 16.2 Å². The second-order valence-corrected chi connectivity index (χ2v) is 8.34. The molecule has 0 heterocycles. The molecule has 29 heavy (non-hydrogen) atoms. The van der Waals surface area contributed by atoms with Gasteiger partial charge >= 0.3 is 0 Å². The van der Waals surface area contributed by atoms with E-state index in [9.17, 15) is 8.42 Å². The molecule has 0 atom stereocenters. The number of benzene rings is 3. The van der Waals surface area contributed by atoms with Crippen LogP contribution >= 0.6 is 0 Å². The van der Waals surface area contributed by atoms with Gasteiger partial charge in [0.05, 0.1) is 12.0 Å². The smallest absolute Gasteiger partial charge is 0.282 e. The molecule has 0 N–H and O–H groups in total. The summed E-state index contributed by atoms with van der Waals surface area (Å²) in [4.78, 5) is 0.157. The second kappa shape index (κ2) is 8.92. The van der Waals surface area contributed by atoms with Crippen molar-refractivity contribution in [2.45, 2.75) is 25.3 Å². The molecule has 0 saturated heterocycles. The molecular formula is C23H23NO4S. The van der Waals surface area contributed by atoms with Crippen LogP contribution in [0.2, 0.25) is 0 Å². The molecule has 6 heteroatoms. The fourth-order valence-electron chi connectivity index (χ4n) is 2.63. The van der Waals surface area contributed by atoms with Crippen LogP contribution < -0.4 is 9.47 Å². The number of sulfonamides is 1. The summed E-state index contributed by atoms with van der Waals surface area (Å²) in [6, 6.07) is 19.8. The highest BCUT2D eigenvalue weighted by Crippen LogP contribution is 2.28. The Labute approximate surface area is 171 Å². The van der Waals surface area contributed by atoms with Crippen molar-refractivity contribution in [3.05, 3.63) is 89.0 Å². The standard InChI is InChI=1S/C23H23NO4S/c1-17-4-8-19(9-5-17)16-28-22-13-10-20(14-23(22)27-3)15-24-29(25,26)21-11-6-18(2)7-12-21/h4-15H,16H2,1-3H3/b24-15-. The van der Waals surface area contributed by atoms with Crippen LogP contribution in [-0.4, -0.2) is 21.7 Å². The van der Waals surface area contributed by atoms with Gasteiger partial charge in [0.2, 0.25) is 0 Å². The van der Waals surface area contributed by atoms with Gasteiger partial charge in [0.15, 0.2) is 11.5 Å². The molecule has 3 aromatic rings. The third-order valence-electron chi connectivity index (χ3n) is 4.36. The van der Waals surface area contributed by atoms with E-state index < -0.39 is 10.0 Å². The molecule has 0 radical (unpaired) electrons. The Balaban J connectivity index is 1.74. The lowest BCUT2D eigenvalue weighted by atomic mass is 10.2. The van der Waals surface area contributed by atoms with E-state index in [0.29, 0.717) is 23.7 Å². The number of aryl methyl sites for hydroxylation is 2. The highest BCUT2D eigenvalue weighted by Gasteiger charge is 2.12. The molecule has 0 bridgehead atoms. The molecule has 5 nitrogen and oxygen atoms in total. The fraction of sp³-hybridized carbons (Fsp3) is 0.174. The number of ether oxygens (including phenoxy) is 2. The van der Waals surface area contributed by atoms with Gasteiger partial charge < -0.3 is 9.47 Å². The zero-order valence-electron chi connectivity index (χ0n) is 16.6. The highest BCUT2D eigenvalue weighted by atomic mass is 32.2. The van der Waals surface area contributed by atoms with E-state index in [1.54, 1.807) is 42.5 Å². The monoisotopic (exact) mass is 409 g/mol. The molecule has 3 rings (SSSR count). The minimum atomic E-state index is -3.76. The van der Waals surface area contributed by atoms with Crippen LogP contribution in [0.25, 0.3) is 0 Å². The van der Waals surface area contributed by atoms with Crippen molar-refractivity contribution in [3.63, 3.8) is 0 Å². The number of hydrogen-bond donors (Lipinski definition) is 0. The molecule has 150 valence electrons. The topological polar surface area (TPSA) is 65.0 Å². The maximum absolute atomic E-state index is 12.4. The lowest BCUT2D eigenvalue weighted by Crippen LogP contribution is -2.00. The van der Waals surface area contributed by atoms with Crippen LogP contribution in [0.3, 0.4) is 0 Å². The fourth-order valence-corrected chi connectivity index (χ4v) is 3.49. The summed E-state index contributed by atoms with van der Waals surface area (Å²) in [5.74, 6) is 1.08. The molecule has 0 saturated carbocycles. The maximum atomic E-state index is 12.4. The van der Waals surface area contributed by atoms with Gasteiger partial charge in [0.25, 0.3) is 10.0 Å². The molecule has 0 aliphatic heterocycles. The molecule has 0 spiro atoms. The summed E-state index contributed by atoms with van der Waals surface area (Å²) in [5.41, 5.74) is 3.82. The van der Waals surface area contributed by atoms with Crippen LogP contribution in [0.1, 0.15) is 22.3 Å². The van der Waals surface area contributed by atoms with Crippen LogP contribution in [0.15, 0.2) is 76.0 Å². The van der Waals surface area contributed by atoms with E-state index in [1.165, 1.54) is 18.9 Å². The van der Waals surface area contributed by atoms with Crippen molar-refractivity contribution in [2.24, 2.45) is 4.40 Å². The van der Waals surface area contributed by atoms with Crippen molar-refractivity contribution in [3.8, 4) is 11.5 Å². The summed E-state index contributed by atoms with van der Waals surface area (Å²) in [6.45, 7) is 4.34. The average Bonchev–Trinajstić information content (AvgIpc) is 2.72. The first-order valence-corrected chi connectivity index (χ1v) is 10.5. The minimum Gasteiger partial charge on any atom is -0.493 e. The van der Waals surface area contributed by atoms with Crippen LogP contribution in [-0.2, 0) is 16.6 Å². The van der Waals surface area contributed by atoms with Crippen LogP contribution in [0.4, 0.5) is 0 Å². The SMILES string of the molecule is COc1cc(/C=N\S(=O)(=O)c2ccc(C)cc2)ccc1OCc1ccc(C)cc1. The number of nitrogens with zero attached hydrogens (tertiary/aromatic N) is 1. The van der Waals surface area contributed by atoms with Gasteiger partial charge in [-0.15, -0.1) is 0 Å². The lowest BCUT2D eigenvalue weighted by molar-refractivity contribution is 0.284. The molecule has 3 aromatic carbocycles. The van der Waals surface area contributed by atoms with Gasteiger partial charge in [-0.05, 0) is 55.3 Å². The van der Waals surface area contributed by atoms with E-state index in [-0.39, 0.29) is 4.90 Å². The third kappa shape index (κ3) is 5.45. The molecule has 0 aliphatic rings. The zero-order valence-corrected chi connectivity index (χ0v) is 17.4. The summed E-state index contributed by atoms with van der Waals surface area (Å²) >= 11 is 0. The van der Waals surface area contributed by atoms with Gasteiger partial charge in [0.1, 0.15) is 6.61 Å². The molecule has 0 aromatic heterocycles. The van der Waals surface area contributed by atoms with E-state index in [0.717, 1.165) is 11.1 Å². The second-order valence-electron chi connectivity index (χ2n) is 6.71. The quantitative estimate of drug-likeness (QED) is 0.531. The predicted octanol–water partition coefficient (Wildman–Crippen LogP) is 4.70. The summed E-state index contributed by atoms with van der Waals surface area (Å²) in [5, 5.41) is 0. The van der Waals surface area contributed by atoms with Crippen LogP contribution in [0.5, 0.6) is 11.5 Å². The van der Waals surface area contributed by atoms with Gasteiger partial charge in [0, 0.05) is 6.21 Å². The van der Waals surface area contributed by atoms with E-state index in [1.807, 2.05) is 38.1 Å². The summed E-state index contributed by atoms with van der Waals surface area (Å²) < 4.78 is 39.8. The Morgan fingerprint density at radius 1 is 0.862 bits per heavy atom. The van der Waals surface area contributed by atoms with Crippen LogP contribution in [0, 0.1) is 13.8 Å². The van der Waals surface area contributed by atoms with E-state index in [4.69, 9.17) is 9.47 Å². The predicted molar refractivity (Wildman–Crippen MR) is 114 cm³/mol. The normalized spacial score (nSPS) is 11.6. The van der Waals surface area contributed by atoms with E-state index >= 15 is 0 Å². The zero-order chi connectivity index (χ0) is 20.9. The van der Waals surface area contributed by atoms with Crippen molar-refractivity contribution < 1.29 is 17.9 Å². The van der Waals surface area contributed by atoms with E-state index in [2.05, 4.69) is 4.40 Å². The molecule has 0 fully saturated rings. The van der Waals surface area contributed by atoms with Gasteiger partial charge in [-0.1, -0.05) is 47.5 Å². The Hall–Kier alpha value is -3.12. The highest BCUT2D eigenvalue weighted by molar-refractivity contribution is 7.90. The lowest BCUT2D eigenvalue weighted by Gasteiger charge is -2.11. The third-order valence-corrected chi connectivity index (χ3v) is 5.61. The number of hydrogen-bond acceptors (Lipinski definition) is 4. The molecule has 0 aliphatic carbocycles. The van der Waals surface area contributed by atoms with Gasteiger partial charge in [-0.3, -0.25) is 0 Å². The van der Waals surface area contributed by atoms with Gasteiger partial charge in [-0.2, -0.15) is 12.8 Å². The molecule has 0 unspecified atom stereocenters. The largest absolute Gasteiger partial charge is 0.493 e. The van der Waals surface area contributed by atoms with Gasteiger partial charge in [-0.25, -0.2) is 0 Å². The molecular weight excluding hydrogens is 386 g/mol. The van der Waals surface area contributed by atoms with Crippen molar-refractivity contribution in [1.29, 1.82) is 0 Å². The Kier molecular flexibility index (Phi) is 6.34. The Morgan fingerprint density at radius 3 is 2.10 bits per heavy atom. The Morgan fingerprint density at radius 2 is 1.48 bits per heavy atom. The first-order chi connectivity index (χ1) is 13.9. The first-order valence-electron chi connectivity index (χ1n) is 9.11. The minimum absolute atomic E-state index is 0.157. The molecule has 0 amide bonds. The maximum Gasteiger partial charge on any atom is 0.282 e. The number of rotatable bonds is 7. The summed E-state index contributed by atoms with van der Waals surface area (Å²) in [7, 11) is -2.22. The van der Waals surface area contributed by atoms with Crippen molar-refractivity contribution in [2.75, 3.05) is 7.11 Å². The first kappa shape index (κ1) is 20.6. The average molecular weight is 410 g/mol.